The highest BCUT2D eigenvalue weighted by molar-refractivity contribution is 5.77. The highest BCUT2D eigenvalue weighted by atomic mass is 16.2. The van der Waals surface area contributed by atoms with Crippen molar-refractivity contribution in [3.05, 3.63) is 53.9 Å². The van der Waals surface area contributed by atoms with Gasteiger partial charge in [0.2, 0.25) is 5.95 Å². The molecule has 2 heterocycles. The predicted molar refractivity (Wildman–Crippen MR) is 102 cm³/mol. The number of nitrogens with one attached hydrogen (secondary N) is 2. The average molecular weight is 354 g/mol. The fourth-order valence-electron chi connectivity index (χ4n) is 3.30. The standard InChI is InChI=1S/C20H27N5O/c1-3-17-5-7-18(8-6-17)16(2)23-19(26)15-24-11-13-25(14-12-24)20-21-9-4-10-22-20/h4-10,16H,3,11-15H2,1-2H3,(H,23,26)/p+1/t16-/m1/s1. The zero-order valence-corrected chi connectivity index (χ0v) is 15.6. The first-order valence-corrected chi connectivity index (χ1v) is 9.39. The van der Waals surface area contributed by atoms with E-state index < -0.39 is 0 Å². The summed E-state index contributed by atoms with van der Waals surface area (Å²) in [6, 6.07) is 10.3. The van der Waals surface area contributed by atoms with Gasteiger partial charge in [-0.1, -0.05) is 31.2 Å². The molecule has 3 rings (SSSR count). The number of aromatic nitrogens is 2. The number of carbonyl (C=O) groups is 1. The molecule has 2 aromatic rings. The van der Waals surface area contributed by atoms with Gasteiger partial charge in [-0.15, -0.1) is 0 Å². The van der Waals surface area contributed by atoms with Gasteiger partial charge in [-0.05, 0) is 30.5 Å². The highest BCUT2D eigenvalue weighted by Gasteiger charge is 2.24. The fourth-order valence-corrected chi connectivity index (χ4v) is 3.30. The molecule has 1 aliphatic rings. The number of nitrogens with zero attached hydrogens (tertiary/aromatic N) is 3. The Hall–Kier alpha value is -2.47. The largest absolute Gasteiger partial charge is 0.345 e. The molecule has 0 radical (unpaired) electrons. The first kappa shape index (κ1) is 18.3. The summed E-state index contributed by atoms with van der Waals surface area (Å²) < 4.78 is 0. The van der Waals surface area contributed by atoms with E-state index >= 15 is 0 Å². The van der Waals surface area contributed by atoms with E-state index in [1.54, 1.807) is 12.4 Å². The third-order valence-electron chi connectivity index (χ3n) is 4.98. The van der Waals surface area contributed by atoms with Crippen molar-refractivity contribution in [2.75, 3.05) is 37.6 Å². The fraction of sp³-hybridized carbons (Fsp3) is 0.450. The molecular weight excluding hydrogens is 326 g/mol. The van der Waals surface area contributed by atoms with Crippen LogP contribution < -0.4 is 15.1 Å². The van der Waals surface area contributed by atoms with Crippen LogP contribution in [0.15, 0.2) is 42.7 Å². The molecule has 1 saturated heterocycles. The van der Waals surface area contributed by atoms with E-state index in [1.165, 1.54) is 10.5 Å². The van der Waals surface area contributed by atoms with Crippen LogP contribution in [0.25, 0.3) is 0 Å². The quantitative estimate of drug-likeness (QED) is 0.798. The lowest BCUT2D eigenvalue weighted by Gasteiger charge is -2.31. The molecule has 1 aromatic heterocycles. The molecule has 6 nitrogen and oxygen atoms in total. The molecule has 6 heteroatoms. The minimum absolute atomic E-state index is 0.0341. The molecule has 138 valence electrons. The van der Waals surface area contributed by atoms with Gasteiger partial charge in [0.05, 0.1) is 32.2 Å². The number of piperazine rings is 1. The molecule has 1 fully saturated rings. The van der Waals surface area contributed by atoms with Crippen molar-refractivity contribution in [3.63, 3.8) is 0 Å². The zero-order valence-electron chi connectivity index (χ0n) is 15.6. The van der Waals surface area contributed by atoms with E-state index in [0.29, 0.717) is 6.54 Å². The number of anilines is 1. The smallest absolute Gasteiger partial charge is 0.275 e. The SMILES string of the molecule is CCc1ccc([C@@H](C)NC(=O)C[NH+]2CCN(c3ncccn3)CC2)cc1. The molecule has 0 spiro atoms. The van der Waals surface area contributed by atoms with Gasteiger partial charge < -0.3 is 15.1 Å². The lowest BCUT2D eigenvalue weighted by atomic mass is 10.1. The van der Waals surface area contributed by atoms with Crippen molar-refractivity contribution >= 4 is 11.9 Å². The lowest BCUT2D eigenvalue weighted by Crippen LogP contribution is -3.16. The van der Waals surface area contributed by atoms with E-state index in [-0.39, 0.29) is 11.9 Å². The first-order valence-electron chi connectivity index (χ1n) is 9.39. The minimum atomic E-state index is 0.0341. The van der Waals surface area contributed by atoms with Gasteiger partial charge in [-0.25, -0.2) is 9.97 Å². The Bertz CT molecular complexity index is 696. The summed E-state index contributed by atoms with van der Waals surface area (Å²) in [5, 5.41) is 3.13. The molecule has 26 heavy (non-hydrogen) atoms. The lowest BCUT2D eigenvalue weighted by molar-refractivity contribution is -0.892. The Morgan fingerprint density at radius 1 is 1.19 bits per heavy atom. The molecular formula is C20H28N5O+. The van der Waals surface area contributed by atoms with Gasteiger partial charge in [-0.3, -0.25) is 4.79 Å². The maximum absolute atomic E-state index is 12.4. The van der Waals surface area contributed by atoms with Crippen LogP contribution in [0.3, 0.4) is 0 Å². The third-order valence-corrected chi connectivity index (χ3v) is 4.98. The first-order chi connectivity index (χ1) is 12.7. The monoisotopic (exact) mass is 354 g/mol. The third kappa shape index (κ3) is 4.79. The number of quaternary nitrogens is 1. The van der Waals surface area contributed by atoms with Crippen LogP contribution >= 0.6 is 0 Å². The molecule has 1 aromatic carbocycles. The number of rotatable bonds is 6. The molecule has 0 saturated carbocycles. The van der Waals surface area contributed by atoms with Gasteiger partial charge in [0.15, 0.2) is 6.54 Å². The number of benzene rings is 1. The van der Waals surface area contributed by atoms with E-state index in [0.717, 1.165) is 44.1 Å². The van der Waals surface area contributed by atoms with Crippen LogP contribution in [0, 0.1) is 0 Å². The minimum Gasteiger partial charge on any atom is -0.345 e. The van der Waals surface area contributed by atoms with Gasteiger partial charge in [0.25, 0.3) is 5.91 Å². The van der Waals surface area contributed by atoms with Crippen LogP contribution in [-0.2, 0) is 11.2 Å². The molecule has 1 atom stereocenters. The summed E-state index contributed by atoms with van der Waals surface area (Å²) in [6.45, 7) is 8.30. The van der Waals surface area contributed by atoms with Gasteiger partial charge in [0.1, 0.15) is 0 Å². The van der Waals surface area contributed by atoms with Crippen molar-refractivity contribution in [3.8, 4) is 0 Å². The van der Waals surface area contributed by atoms with Crippen molar-refractivity contribution in [1.29, 1.82) is 0 Å². The topological polar surface area (TPSA) is 62.6 Å². The van der Waals surface area contributed by atoms with E-state index in [1.807, 2.05) is 13.0 Å². The summed E-state index contributed by atoms with van der Waals surface area (Å²) in [6.07, 6.45) is 4.57. The van der Waals surface area contributed by atoms with E-state index in [4.69, 9.17) is 0 Å². The normalized spacial score (nSPS) is 16.3. The number of hydrogen-bond donors (Lipinski definition) is 2. The van der Waals surface area contributed by atoms with Crippen LogP contribution in [-0.4, -0.2) is 48.6 Å². The maximum Gasteiger partial charge on any atom is 0.275 e. The van der Waals surface area contributed by atoms with Crippen LogP contribution in [0.2, 0.25) is 0 Å². The number of hydrogen-bond acceptors (Lipinski definition) is 4. The Morgan fingerprint density at radius 3 is 2.46 bits per heavy atom. The summed E-state index contributed by atoms with van der Waals surface area (Å²) in [4.78, 5) is 24.5. The molecule has 1 aliphatic heterocycles. The second-order valence-corrected chi connectivity index (χ2v) is 6.85. The van der Waals surface area contributed by atoms with E-state index in [9.17, 15) is 4.79 Å². The van der Waals surface area contributed by atoms with Crippen LogP contribution in [0.5, 0.6) is 0 Å². The second kappa shape index (κ2) is 8.76. The van der Waals surface area contributed by atoms with Gasteiger partial charge in [-0.2, -0.15) is 0 Å². The van der Waals surface area contributed by atoms with Crippen LogP contribution in [0.4, 0.5) is 5.95 Å². The van der Waals surface area contributed by atoms with Gasteiger partial charge in [0, 0.05) is 12.4 Å². The van der Waals surface area contributed by atoms with Crippen molar-refractivity contribution in [2.45, 2.75) is 26.3 Å². The summed E-state index contributed by atoms with van der Waals surface area (Å²) in [7, 11) is 0. The molecule has 0 bridgehead atoms. The van der Waals surface area contributed by atoms with Crippen molar-refractivity contribution in [1.82, 2.24) is 15.3 Å². The Kier molecular flexibility index (Phi) is 6.17. The molecule has 0 unspecified atom stereocenters. The molecule has 0 aliphatic carbocycles. The summed E-state index contributed by atoms with van der Waals surface area (Å²) >= 11 is 0. The van der Waals surface area contributed by atoms with Gasteiger partial charge >= 0.3 is 0 Å². The average Bonchev–Trinajstić information content (AvgIpc) is 2.69. The Labute approximate surface area is 155 Å². The number of aryl methyl sites for hydroxylation is 1. The van der Waals surface area contributed by atoms with E-state index in [2.05, 4.69) is 51.4 Å². The Morgan fingerprint density at radius 2 is 1.85 bits per heavy atom. The summed E-state index contributed by atoms with van der Waals surface area (Å²) in [5.41, 5.74) is 2.47. The van der Waals surface area contributed by atoms with Crippen molar-refractivity contribution in [2.24, 2.45) is 0 Å². The van der Waals surface area contributed by atoms with Crippen molar-refractivity contribution < 1.29 is 9.69 Å². The molecule has 2 N–H and O–H groups in total. The number of amides is 1. The predicted octanol–water partition coefficient (Wildman–Crippen LogP) is 0.621. The van der Waals surface area contributed by atoms with Crippen LogP contribution in [0.1, 0.15) is 31.0 Å². The second-order valence-electron chi connectivity index (χ2n) is 6.85. The summed E-state index contributed by atoms with van der Waals surface area (Å²) in [5.74, 6) is 0.886. The maximum atomic E-state index is 12.4. The molecule has 1 amide bonds. The number of carbonyl (C=O) groups excluding carboxylic acids is 1. The Balaban J connectivity index is 1.45. The highest BCUT2D eigenvalue weighted by Crippen LogP contribution is 2.13. The zero-order chi connectivity index (χ0) is 18.4.